The molecule has 1 fully saturated rings. The van der Waals surface area contributed by atoms with Gasteiger partial charge in [-0.1, -0.05) is 22.9 Å². The maximum Gasteiger partial charge on any atom is 0.250 e. The molecule has 1 aliphatic heterocycles. The lowest BCUT2D eigenvalue weighted by Gasteiger charge is -2.35. The van der Waals surface area contributed by atoms with Crippen molar-refractivity contribution in [1.82, 2.24) is 9.46 Å². The maximum atomic E-state index is 12.7. The van der Waals surface area contributed by atoms with Crippen molar-refractivity contribution in [3.8, 4) is 0 Å². The van der Waals surface area contributed by atoms with Crippen molar-refractivity contribution in [3.05, 3.63) is 35.6 Å². The van der Waals surface area contributed by atoms with Gasteiger partial charge >= 0.3 is 0 Å². The summed E-state index contributed by atoms with van der Waals surface area (Å²) in [6.45, 7) is 5.67. The lowest BCUT2D eigenvalue weighted by molar-refractivity contribution is 0.379. The van der Waals surface area contributed by atoms with E-state index in [4.69, 9.17) is 10.3 Å². The van der Waals surface area contributed by atoms with Crippen LogP contribution in [0.2, 0.25) is 0 Å². The molecular formula is C15H20N4O3S. The third-order valence-electron chi connectivity index (χ3n) is 4.07. The average molecular weight is 336 g/mol. The maximum absolute atomic E-state index is 12.7. The van der Waals surface area contributed by atoms with Crippen LogP contribution >= 0.6 is 0 Å². The lowest BCUT2D eigenvalue weighted by Crippen LogP contribution is -2.48. The van der Waals surface area contributed by atoms with E-state index < -0.39 is 10.0 Å². The van der Waals surface area contributed by atoms with Gasteiger partial charge in [0.15, 0.2) is 16.5 Å². The largest absolute Gasteiger partial charge is 0.380 e. The highest BCUT2D eigenvalue weighted by Crippen LogP contribution is 2.27. The van der Waals surface area contributed by atoms with Gasteiger partial charge in [0.1, 0.15) is 0 Å². The second-order valence-corrected chi connectivity index (χ2v) is 7.55. The standard InChI is InChI=1S/C15H20N4O3S/c1-11-3-5-13(6-4-11)18-7-9-19(10-8-18)23(20,21)14-12(2)22-17-15(14)16/h3-6H,7-10H2,1-2H3,(H2,16,17). The van der Waals surface area contributed by atoms with Crippen LogP contribution in [0.3, 0.4) is 0 Å². The molecule has 0 saturated carbocycles. The number of benzene rings is 1. The summed E-state index contributed by atoms with van der Waals surface area (Å²) in [7, 11) is -3.67. The molecule has 1 aromatic carbocycles. The number of hydrogen-bond acceptors (Lipinski definition) is 6. The minimum absolute atomic E-state index is 0.0127. The zero-order chi connectivity index (χ0) is 16.6. The van der Waals surface area contributed by atoms with E-state index in [1.54, 1.807) is 6.92 Å². The third kappa shape index (κ3) is 2.91. The van der Waals surface area contributed by atoms with E-state index in [1.165, 1.54) is 9.87 Å². The predicted octanol–water partition coefficient (Wildman–Crippen LogP) is 1.38. The number of hydrogen-bond donors (Lipinski definition) is 1. The third-order valence-corrected chi connectivity index (χ3v) is 6.13. The number of rotatable bonds is 3. The molecule has 8 heteroatoms. The summed E-state index contributed by atoms with van der Waals surface area (Å²) in [5.74, 6) is 0.145. The van der Waals surface area contributed by atoms with Crippen LogP contribution in [0.1, 0.15) is 11.3 Å². The summed E-state index contributed by atoms with van der Waals surface area (Å²) >= 11 is 0. The van der Waals surface area contributed by atoms with Gasteiger partial charge in [-0.25, -0.2) is 8.42 Å². The van der Waals surface area contributed by atoms with E-state index in [0.29, 0.717) is 26.2 Å². The molecule has 0 radical (unpaired) electrons. The molecule has 0 atom stereocenters. The Bertz CT molecular complexity index is 771. The lowest BCUT2D eigenvalue weighted by atomic mass is 10.2. The summed E-state index contributed by atoms with van der Waals surface area (Å²) in [5, 5.41) is 3.53. The Labute approximate surface area is 135 Å². The Morgan fingerprint density at radius 1 is 1.09 bits per heavy atom. The normalized spacial score (nSPS) is 16.7. The Balaban J connectivity index is 1.75. The van der Waals surface area contributed by atoms with E-state index in [9.17, 15) is 8.42 Å². The summed E-state index contributed by atoms with van der Waals surface area (Å²) in [4.78, 5) is 2.16. The van der Waals surface area contributed by atoms with Crippen LogP contribution < -0.4 is 10.6 Å². The molecule has 3 rings (SSSR count). The Morgan fingerprint density at radius 3 is 2.22 bits per heavy atom. The molecule has 124 valence electrons. The van der Waals surface area contributed by atoms with Crippen molar-refractivity contribution in [1.29, 1.82) is 0 Å². The summed E-state index contributed by atoms with van der Waals surface area (Å²) in [5.41, 5.74) is 7.95. The molecule has 23 heavy (non-hydrogen) atoms. The fourth-order valence-corrected chi connectivity index (χ4v) is 4.37. The molecule has 1 aliphatic rings. The molecule has 2 N–H and O–H groups in total. The average Bonchev–Trinajstić information content (AvgIpc) is 2.88. The van der Waals surface area contributed by atoms with Crippen molar-refractivity contribution in [3.63, 3.8) is 0 Å². The fourth-order valence-electron chi connectivity index (χ4n) is 2.77. The molecule has 0 amide bonds. The predicted molar refractivity (Wildman–Crippen MR) is 87.8 cm³/mol. The SMILES string of the molecule is Cc1ccc(N2CCN(S(=O)(=O)c3c(N)noc3C)CC2)cc1. The van der Waals surface area contributed by atoms with Crippen LogP contribution in [0.4, 0.5) is 11.5 Å². The van der Waals surface area contributed by atoms with Gasteiger partial charge in [0, 0.05) is 31.9 Å². The highest BCUT2D eigenvalue weighted by molar-refractivity contribution is 7.89. The first-order valence-corrected chi connectivity index (χ1v) is 8.87. The van der Waals surface area contributed by atoms with Gasteiger partial charge in [0.05, 0.1) is 0 Å². The number of aryl methyl sites for hydroxylation is 2. The zero-order valence-corrected chi connectivity index (χ0v) is 14.0. The molecule has 0 unspecified atom stereocenters. The topological polar surface area (TPSA) is 92.7 Å². The first-order chi connectivity index (χ1) is 10.9. The van der Waals surface area contributed by atoms with Gasteiger partial charge < -0.3 is 15.2 Å². The summed E-state index contributed by atoms with van der Waals surface area (Å²) < 4.78 is 31.7. The first-order valence-electron chi connectivity index (χ1n) is 7.43. The number of piperazine rings is 1. The quantitative estimate of drug-likeness (QED) is 0.910. The van der Waals surface area contributed by atoms with E-state index in [-0.39, 0.29) is 16.5 Å². The van der Waals surface area contributed by atoms with Crippen LogP contribution in [-0.2, 0) is 10.0 Å². The molecule has 7 nitrogen and oxygen atoms in total. The minimum atomic E-state index is -3.67. The second-order valence-electron chi connectivity index (χ2n) is 5.68. The van der Waals surface area contributed by atoms with Gasteiger partial charge in [0.2, 0.25) is 10.0 Å². The molecule has 1 aromatic heterocycles. The molecule has 0 aliphatic carbocycles. The summed E-state index contributed by atoms with van der Waals surface area (Å²) in [6, 6.07) is 8.22. The first kappa shape index (κ1) is 15.8. The molecule has 2 aromatic rings. The number of sulfonamides is 1. The zero-order valence-electron chi connectivity index (χ0n) is 13.2. The van der Waals surface area contributed by atoms with Gasteiger partial charge in [-0.05, 0) is 26.0 Å². The molecule has 1 saturated heterocycles. The number of nitrogens with two attached hydrogens (primary N) is 1. The second kappa shape index (κ2) is 5.86. The molecule has 0 bridgehead atoms. The number of nitrogen functional groups attached to an aromatic ring is 1. The molecule has 2 heterocycles. The van der Waals surface area contributed by atoms with E-state index in [2.05, 4.69) is 34.3 Å². The van der Waals surface area contributed by atoms with Gasteiger partial charge in [-0.15, -0.1) is 0 Å². The highest BCUT2D eigenvalue weighted by atomic mass is 32.2. The Hall–Kier alpha value is -2.06. The smallest absolute Gasteiger partial charge is 0.250 e. The Kier molecular flexibility index (Phi) is 4.03. The van der Waals surface area contributed by atoms with Crippen LogP contribution in [0.25, 0.3) is 0 Å². The van der Waals surface area contributed by atoms with Crippen molar-refractivity contribution >= 4 is 21.5 Å². The number of anilines is 2. The van der Waals surface area contributed by atoms with E-state index >= 15 is 0 Å². The molecule has 0 spiro atoms. The highest BCUT2D eigenvalue weighted by Gasteiger charge is 2.33. The van der Waals surface area contributed by atoms with Gasteiger partial charge in [0.25, 0.3) is 0 Å². The van der Waals surface area contributed by atoms with E-state index in [1.807, 2.05) is 6.92 Å². The number of aromatic nitrogens is 1. The van der Waals surface area contributed by atoms with Crippen LogP contribution in [0.15, 0.2) is 33.7 Å². The fraction of sp³-hybridized carbons (Fsp3) is 0.400. The minimum Gasteiger partial charge on any atom is -0.380 e. The monoisotopic (exact) mass is 336 g/mol. The van der Waals surface area contributed by atoms with Crippen molar-refractivity contribution in [2.24, 2.45) is 0 Å². The van der Waals surface area contributed by atoms with Crippen LogP contribution in [0, 0.1) is 13.8 Å². The van der Waals surface area contributed by atoms with Crippen LogP contribution in [-0.4, -0.2) is 44.1 Å². The van der Waals surface area contributed by atoms with Gasteiger partial charge in [-0.3, -0.25) is 0 Å². The number of nitrogens with zero attached hydrogens (tertiary/aromatic N) is 3. The van der Waals surface area contributed by atoms with E-state index in [0.717, 1.165) is 5.69 Å². The van der Waals surface area contributed by atoms with Crippen molar-refractivity contribution in [2.75, 3.05) is 36.8 Å². The van der Waals surface area contributed by atoms with Crippen molar-refractivity contribution in [2.45, 2.75) is 18.7 Å². The summed E-state index contributed by atoms with van der Waals surface area (Å²) in [6.07, 6.45) is 0. The molecular weight excluding hydrogens is 316 g/mol. The Morgan fingerprint density at radius 2 is 1.70 bits per heavy atom. The van der Waals surface area contributed by atoms with Crippen LogP contribution in [0.5, 0.6) is 0 Å². The van der Waals surface area contributed by atoms with Crippen molar-refractivity contribution < 1.29 is 12.9 Å². The van der Waals surface area contributed by atoms with Gasteiger partial charge in [-0.2, -0.15) is 4.31 Å².